The normalized spacial score (nSPS) is 14.2. The number of benzene rings is 1. The van der Waals surface area contributed by atoms with Crippen molar-refractivity contribution < 1.29 is 4.79 Å². The summed E-state index contributed by atoms with van der Waals surface area (Å²) in [6, 6.07) is 8.54. The van der Waals surface area contributed by atoms with Crippen molar-refractivity contribution in [2.45, 2.75) is 52.2 Å². The summed E-state index contributed by atoms with van der Waals surface area (Å²) in [6.07, 6.45) is 0.909. The van der Waals surface area contributed by atoms with Crippen molar-refractivity contribution in [3.8, 4) is 0 Å². The molecule has 0 aliphatic carbocycles. The Labute approximate surface area is 124 Å². The Kier molecular flexibility index (Phi) is 6.52. The summed E-state index contributed by atoms with van der Waals surface area (Å²) >= 11 is 3.43. The number of hydrogen-bond acceptors (Lipinski definition) is 2. The fourth-order valence-corrected chi connectivity index (χ4v) is 2.21. The first-order valence-electron chi connectivity index (χ1n) is 6.69. The number of nitrogens with one attached hydrogen (secondary N) is 2. The number of rotatable bonds is 6. The van der Waals surface area contributed by atoms with Crippen LogP contribution >= 0.6 is 15.9 Å². The van der Waals surface area contributed by atoms with E-state index in [2.05, 4.69) is 45.6 Å². The SMILES string of the molecule is CC(C)NC(=O)C(C)NC(C)Cc1ccc(Br)cc1. The summed E-state index contributed by atoms with van der Waals surface area (Å²) in [4.78, 5) is 11.8. The Morgan fingerprint density at radius 3 is 2.26 bits per heavy atom. The zero-order valence-electron chi connectivity index (χ0n) is 12.0. The highest BCUT2D eigenvalue weighted by Crippen LogP contribution is 2.12. The molecule has 1 rings (SSSR count). The molecule has 0 saturated carbocycles. The van der Waals surface area contributed by atoms with Crippen LogP contribution in [0.15, 0.2) is 28.7 Å². The molecule has 1 aromatic rings. The van der Waals surface area contributed by atoms with Gasteiger partial charge in [-0.25, -0.2) is 0 Å². The van der Waals surface area contributed by atoms with Crippen LogP contribution in [0.1, 0.15) is 33.3 Å². The van der Waals surface area contributed by atoms with Crippen molar-refractivity contribution in [3.63, 3.8) is 0 Å². The molecule has 4 heteroatoms. The lowest BCUT2D eigenvalue weighted by Crippen LogP contribution is -2.48. The van der Waals surface area contributed by atoms with Crippen molar-refractivity contribution in [2.24, 2.45) is 0 Å². The van der Waals surface area contributed by atoms with Crippen molar-refractivity contribution in [1.82, 2.24) is 10.6 Å². The molecule has 0 fully saturated rings. The highest BCUT2D eigenvalue weighted by atomic mass is 79.9. The smallest absolute Gasteiger partial charge is 0.237 e. The molecule has 2 atom stereocenters. The lowest BCUT2D eigenvalue weighted by molar-refractivity contribution is -0.123. The molecular weight excluding hydrogens is 304 g/mol. The van der Waals surface area contributed by atoms with Crippen LogP contribution in [0.2, 0.25) is 0 Å². The van der Waals surface area contributed by atoms with Gasteiger partial charge in [-0.3, -0.25) is 4.79 Å². The van der Waals surface area contributed by atoms with E-state index in [-0.39, 0.29) is 24.0 Å². The lowest BCUT2D eigenvalue weighted by atomic mass is 10.1. The molecule has 0 heterocycles. The third-order valence-electron chi connectivity index (χ3n) is 2.81. The first-order valence-corrected chi connectivity index (χ1v) is 7.48. The number of amides is 1. The summed E-state index contributed by atoms with van der Waals surface area (Å²) in [5, 5.41) is 6.24. The quantitative estimate of drug-likeness (QED) is 0.844. The Bertz CT molecular complexity index is 403. The standard InChI is InChI=1S/C15H23BrN2O/c1-10(2)17-15(19)12(4)18-11(3)9-13-5-7-14(16)8-6-13/h5-8,10-12,18H,9H2,1-4H3,(H,17,19). The summed E-state index contributed by atoms with van der Waals surface area (Å²) in [5.41, 5.74) is 1.26. The van der Waals surface area contributed by atoms with E-state index in [4.69, 9.17) is 0 Å². The third-order valence-corrected chi connectivity index (χ3v) is 3.34. The van der Waals surface area contributed by atoms with Gasteiger partial charge in [0.1, 0.15) is 0 Å². The summed E-state index contributed by atoms with van der Waals surface area (Å²) < 4.78 is 1.08. The van der Waals surface area contributed by atoms with Gasteiger partial charge in [-0.15, -0.1) is 0 Å². The topological polar surface area (TPSA) is 41.1 Å². The highest BCUT2D eigenvalue weighted by molar-refractivity contribution is 9.10. The van der Waals surface area contributed by atoms with Crippen molar-refractivity contribution in [2.75, 3.05) is 0 Å². The monoisotopic (exact) mass is 326 g/mol. The van der Waals surface area contributed by atoms with Gasteiger partial charge in [0.25, 0.3) is 0 Å². The lowest BCUT2D eigenvalue weighted by Gasteiger charge is -2.20. The van der Waals surface area contributed by atoms with Crippen molar-refractivity contribution in [1.29, 1.82) is 0 Å². The minimum atomic E-state index is -0.173. The molecule has 0 aliphatic heterocycles. The van der Waals surface area contributed by atoms with Crippen molar-refractivity contribution >= 4 is 21.8 Å². The molecule has 0 bridgehead atoms. The van der Waals surface area contributed by atoms with E-state index < -0.39 is 0 Å². The second kappa shape index (κ2) is 7.65. The van der Waals surface area contributed by atoms with E-state index in [0.29, 0.717) is 0 Å². The van der Waals surface area contributed by atoms with E-state index in [1.807, 2.05) is 32.9 Å². The fourth-order valence-electron chi connectivity index (χ4n) is 1.94. The number of carbonyl (C=O) groups is 1. The van der Waals surface area contributed by atoms with E-state index in [9.17, 15) is 4.79 Å². The van der Waals surface area contributed by atoms with E-state index in [1.165, 1.54) is 5.56 Å². The second-order valence-electron chi connectivity index (χ2n) is 5.28. The van der Waals surface area contributed by atoms with Crippen LogP contribution in [0.25, 0.3) is 0 Å². The minimum absolute atomic E-state index is 0.0534. The molecule has 1 amide bonds. The van der Waals surface area contributed by atoms with E-state index >= 15 is 0 Å². The van der Waals surface area contributed by atoms with Crippen LogP contribution < -0.4 is 10.6 Å². The van der Waals surface area contributed by atoms with Crippen LogP contribution in [-0.2, 0) is 11.2 Å². The van der Waals surface area contributed by atoms with E-state index in [1.54, 1.807) is 0 Å². The molecule has 2 unspecified atom stereocenters. The summed E-state index contributed by atoms with van der Waals surface area (Å²) in [6.45, 7) is 7.93. The van der Waals surface area contributed by atoms with E-state index in [0.717, 1.165) is 10.9 Å². The molecule has 1 aromatic carbocycles. The molecule has 0 aromatic heterocycles. The zero-order valence-corrected chi connectivity index (χ0v) is 13.6. The van der Waals surface area contributed by atoms with Crippen LogP contribution in [0.4, 0.5) is 0 Å². The van der Waals surface area contributed by atoms with Gasteiger partial charge in [0.2, 0.25) is 5.91 Å². The maximum absolute atomic E-state index is 11.8. The Hall–Kier alpha value is -0.870. The average molecular weight is 327 g/mol. The minimum Gasteiger partial charge on any atom is -0.353 e. The average Bonchev–Trinajstić information content (AvgIpc) is 2.31. The van der Waals surface area contributed by atoms with Crippen LogP contribution in [0.5, 0.6) is 0 Å². The molecule has 0 spiro atoms. The summed E-state index contributed by atoms with van der Waals surface area (Å²) in [7, 11) is 0. The largest absolute Gasteiger partial charge is 0.353 e. The zero-order chi connectivity index (χ0) is 14.4. The highest BCUT2D eigenvalue weighted by Gasteiger charge is 2.15. The maximum atomic E-state index is 11.8. The van der Waals surface area contributed by atoms with Gasteiger partial charge in [-0.2, -0.15) is 0 Å². The molecule has 0 radical (unpaired) electrons. The van der Waals surface area contributed by atoms with Gasteiger partial charge in [0, 0.05) is 16.6 Å². The van der Waals surface area contributed by atoms with Crippen molar-refractivity contribution in [3.05, 3.63) is 34.3 Å². The second-order valence-corrected chi connectivity index (χ2v) is 6.20. The number of halogens is 1. The van der Waals surface area contributed by atoms with Gasteiger partial charge >= 0.3 is 0 Å². The Morgan fingerprint density at radius 1 is 1.16 bits per heavy atom. The first-order chi connectivity index (χ1) is 8.88. The van der Waals surface area contributed by atoms with Gasteiger partial charge in [-0.1, -0.05) is 28.1 Å². The molecule has 19 heavy (non-hydrogen) atoms. The third kappa shape index (κ3) is 6.21. The van der Waals surface area contributed by atoms with Gasteiger partial charge < -0.3 is 10.6 Å². The first kappa shape index (κ1) is 16.2. The molecule has 0 saturated heterocycles. The van der Waals surface area contributed by atoms with Crippen LogP contribution in [0.3, 0.4) is 0 Å². The predicted molar refractivity (Wildman–Crippen MR) is 83.2 cm³/mol. The molecule has 3 nitrogen and oxygen atoms in total. The fraction of sp³-hybridized carbons (Fsp3) is 0.533. The summed E-state index contributed by atoms with van der Waals surface area (Å²) in [5.74, 6) is 0.0534. The molecule has 106 valence electrons. The maximum Gasteiger partial charge on any atom is 0.237 e. The van der Waals surface area contributed by atoms with Gasteiger partial charge in [-0.05, 0) is 51.8 Å². The predicted octanol–water partition coefficient (Wildman–Crippen LogP) is 2.88. The number of carbonyl (C=O) groups excluding carboxylic acids is 1. The Morgan fingerprint density at radius 2 is 1.74 bits per heavy atom. The van der Waals surface area contributed by atoms with Crippen LogP contribution in [0, 0.1) is 0 Å². The number of hydrogen-bond donors (Lipinski definition) is 2. The van der Waals surface area contributed by atoms with Gasteiger partial charge in [0.15, 0.2) is 0 Å². The van der Waals surface area contributed by atoms with Gasteiger partial charge in [0.05, 0.1) is 6.04 Å². The van der Waals surface area contributed by atoms with Crippen LogP contribution in [-0.4, -0.2) is 24.0 Å². The molecule has 2 N–H and O–H groups in total. The molecular formula is C15H23BrN2O. The Balaban J connectivity index is 2.44. The molecule has 0 aliphatic rings.